The van der Waals surface area contributed by atoms with Crippen molar-refractivity contribution in [3.05, 3.63) is 35.4 Å². The molecule has 2 fully saturated rings. The van der Waals surface area contributed by atoms with Gasteiger partial charge in [-0.05, 0) is 43.5 Å². The lowest BCUT2D eigenvalue weighted by molar-refractivity contribution is 0.0747. The summed E-state index contributed by atoms with van der Waals surface area (Å²) in [6.07, 6.45) is 3.39. The van der Waals surface area contributed by atoms with Crippen molar-refractivity contribution >= 4 is 24.2 Å². The van der Waals surface area contributed by atoms with Crippen LogP contribution in [0, 0.1) is 0 Å². The van der Waals surface area contributed by atoms with Gasteiger partial charge in [-0.2, -0.15) is 0 Å². The molecule has 6 heteroatoms. The predicted molar refractivity (Wildman–Crippen MR) is 82.7 cm³/mol. The molecule has 2 unspecified atom stereocenters. The highest BCUT2D eigenvalue weighted by Gasteiger charge is 2.31. The van der Waals surface area contributed by atoms with Crippen molar-refractivity contribution in [3.8, 4) is 0 Å². The van der Waals surface area contributed by atoms with E-state index in [2.05, 4.69) is 5.32 Å². The summed E-state index contributed by atoms with van der Waals surface area (Å²) >= 11 is 0. The molecule has 3 N–H and O–H groups in total. The van der Waals surface area contributed by atoms with Crippen LogP contribution >= 0.6 is 12.4 Å². The Kier molecular flexibility index (Phi) is 4.85. The van der Waals surface area contributed by atoms with E-state index in [0.717, 1.165) is 25.9 Å². The number of fused-ring (bicyclic) bond motifs is 2. The first-order valence-corrected chi connectivity index (χ1v) is 7.08. The van der Waals surface area contributed by atoms with Gasteiger partial charge in [0.1, 0.15) is 0 Å². The van der Waals surface area contributed by atoms with Gasteiger partial charge in [-0.1, -0.05) is 0 Å². The maximum Gasteiger partial charge on any atom is 0.253 e. The van der Waals surface area contributed by atoms with Crippen LogP contribution in [0.1, 0.15) is 40.0 Å². The second kappa shape index (κ2) is 6.45. The number of hydrogen-bond donors (Lipinski definition) is 2. The fourth-order valence-corrected chi connectivity index (χ4v) is 3.09. The number of hydrogen-bond acceptors (Lipinski definition) is 3. The maximum absolute atomic E-state index is 12.5. The fourth-order valence-electron chi connectivity index (χ4n) is 3.09. The van der Waals surface area contributed by atoms with Gasteiger partial charge in [0.2, 0.25) is 5.91 Å². The van der Waals surface area contributed by atoms with Gasteiger partial charge >= 0.3 is 0 Å². The van der Waals surface area contributed by atoms with Crippen LogP contribution in [0.4, 0.5) is 0 Å². The standard InChI is InChI=1S/C15H19N3O2.ClH/c16-14(19)10-1-3-11(4-2-10)15(20)18-8-7-12-5-6-13(9-18)17-12;/h1-4,12-13,17H,5-9H2,(H2,16,19);1H. The molecule has 2 atom stereocenters. The molecule has 0 spiro atoms. The van der Waals surface area contributed by atoms with Crippen molar-refractivity contribution in [1.29, 1.82) is 0 Å². The molecule has 2 amide bonds. The third kappa shape index (κ3) is 3.36. The number of likely N-dealkylation sites (tertiary alicyclic amines) is 1. The highest BCUT2D eigenvalue weighted by atomic mass is 35.5. The first-order chi connectivity index (χ1) is 9.63. The van der Waals surface area contributed by atoms with Gasteiger partial charge in [0.05, 0.1) is 0 Å². The van der Waals surface area contributed by atoms with E-state index < -0.39 is 5.91 Å². The van der Waals surface area contributed by atoms with Crippen LogP contribution in [-0.4, -0.2) is 41.9 Å². The van der Waals surface area contributed by atoms with Crippen molar-refractivity contribution in [3.63, 3.8) is 0 Å². The van der Waals surface area contributed by atoms with Crippen LogP contribution < -0.4 is 11.1 Å². The summed E-state index contributed by atoms with van der Waals surface area (Å²) < 4.78 is 0. The maximum atomic E-state index is 12.5. The number of carbonyl (C=O) groups is 2. The SMILES string of the molecule is Cl.NC(=O)c1ccc(C(=O)N2CCC3CCC(C2)N3)cc1. The summed E-state index contributed by atoms with van der Waals surface area (Å²) in [7, 11) is 0. The summed E-state index contributed by atoms with van der Waals surface area (Å²) in [5.41, 5.74) is 6.25. The Morgan fingerprint density at radius 2 is 1.67 bits per heavy atom. The molecule has 5 nitrogen and oxygen atoms in total. The van der Waals surface area contributed by atoms with Gasteiger partial charge in [0.15, 0.2) is 0 Å². The summed E-state index contributed by atoms with van der Waals surface area (Å²) in [5, 5.41) is 3.56. The minimum absolute atomic E-state index is 0. The molecule has 21 heavy (non-hydrogen) atoms. The number of carbonyl (C=O) groups excluding carboxylic acids is 2. The largest absolute Gasteiger partial charge is 0.366 e. The van der Waals surface area contributed by atoms with Crippen LogP contribution in [0.15, 0.2) is 24.3 Å². The Morgan fingerprint density at radius 1 is 1.05 bits per heavy atom. The molecule has 2 heterocycles. The average molecular weight is 310 g/mol. The number of rotatable bonds is 2. The Labute approximate surface area is 130 Å². The van der Waals surface area contributed by atoms with Crippen LogP contribution in [-0.2, 0) is 0 Å². The number of nitrogens with one attached hydrogen (secondary N) is 1. The van der Waals surface area contributed by atoms with Crippen molar-refractivity contribution in [2.24, 2.45) is 5.73 Å². The van der Waals surface area contributed by atoms with E-state index in [4.69, 9.17) is 5.73 Å². The summed E-state index contributed by atoms with van der Waals surface area (Å²) in [6.45, 7) is 1.57. The van der Waals surface area contributed by atoms with Gasteiger partial charge in [-0.15, -0.1) is 12.4 Å². The number of halogens is 1. The highest BCUT2D eigenvalue weighted by molar-refractivity contribution is 5.97. The van der Waals surface area contributed by atoms with Crippen LogP contribution in [0.5, 0.6) is 0 Å². The van der Waals surface area contributed by atoms with Gasteiger partial charge < -0.3 is 16.0 Å². The third-order valence-electron chi connectivity index (χ3n) is 4.23. The molecule has 2 bridgehead atoms. The molecule has 0 aromatic heterocycles. The van der Waals surface area contributed by atoms with Gasteiger partial charge in [-0.25, -0.2) is 0 Å². The molecule has 114 valence electrons. The second-order valence-electron chi connectivity index (χ2n) is 5.62. The molecular formula is C15H20ClN3O2. The van der Waals surface area contributed by atoms with Crippen LogP contribution in [0.25, 0.3) is 0 Å². The Hall–Kier alpha value is -1.59. The second-order valence-corrected chi connectivity index (χ2v) is 5.62. The van der Waals surface area contributed by atoms with Crippen molar-refractivity contribution in [2.45, 2.75) is 31.3 Å². The quantitative estimate of drug-likeness (QED) is 0.861. The summed E-state index contributed by atoms with van der Waals surface area (Å²) in [4.78, 5) is 25.4. The zero-order valence-electron chi connectivity index (χ0n) is 11.7. The molecule has 3 rings (SSSR count). The zero-order chi connectivity index (χ0) is 14.1. The highest BCUT2D eigenvalue weighted by Crippen LogP contribution is 2.21. The smallest absolute Gasteiger partial charge is 0.253 e. The van der Waals surface area contributed by atoms with Gasteiger partial charge in [-0.3, -0.25) is 9.59 Å². The molecule has 0 radical (unpaired) electrons. The van der Waals surface area contributed by atoms with E-state index in [-0.39, 0.29) is 18.3 Å². The molecule has 0 saturated carbocycles. The minimum atomic E-state index is -0.472. The molecule has 2 aliphatic rings. The molecule has 1 aromatic carbocycles. The topological polar surface area (TPSA) is 75.4 Å². The molecular weight excluding hydrogens is 290 g/mol. The van der Waals surface area contributed by atoms with E-state index in [1.807, 2.05) is 4.90 Å². The number of amides is 2. The molecule has 2 aliphatic heterocycles. The lowest BCUT2D eigenvalue weighted by atomic mass is 10.1. The number of nitrogens with zero attached hydrogens (tertiary/aromatic N) is 1. The summed E-state index contributed by atoms with van der Waals surface area (Å²) in [5.74, 6) is -0.435. The fraction of sp³-hybridized carbons (Fsp3) is 0.467. The first kappa shape index (κ1) is 15.8. The number of nitrogens with two attached hydrogens (primary N) is 1. The van der Waals surface area contributed by atoms with Gasteiger partial charge in [0, 0.05) is 36.3 Å². The zero-order valence-corrected chi connectivity index (χ0v) is 12.6. The van der Waals surface area contributed by atoms with Crippen molar-refractivity contribution < 1.29 is 9.59 Å². The van der Waals surface area contributed by atoms with E-state index >= 15 is 0 Å². The van der Waals surface area contributed by atoms with Crippen LogP contribution in [0.3, 0.4) is 0 Å². The average Bonchev–Trinajstić information content (AvgIpc) is 2.78. The molecule has 1 aromatic rings. The lowest BCUT2D eigenvalue weighted by Crippen LogP contribution is -2.39. The van der Waals surface area contributed by atoms with E-state index in [9.17, 15) is 9.59 Å². The minimum Gasteiger partial charge on any atom is -0.366 e. The number of primary amides is 1. The van der Waals surface area contributed by atoms with Crippen molar-refractivity contribution in [1.82, 2.24) is 10.2 Å². The molecule has 2 saturated heterocycles. The molecule has 0 aliphatic carbocycles. The summed E-state index contributed by atoms with van der Waals surface area (Å²) in [6, 6.07) is 7.57. The lowest BCUT2D eigenvalue weighted by Gasteiger charge is -2.24. The van der Waals surface area contributed by atoms with E-state index in [1.165, 1.54) is 6.42 Å². The van der Waals surface area contributed by atoms with Crippen molar-refractivity contribution in [2.75, 3.05) is 13.1 Å². The third-order valence-corrected chi connectivity index (χ3v) is 4.23. The Bertz CT molecular complexity index is 532. The first-order valence-electron chi connectivity index (χ1n) is 7.08. The van der Waals surface area contributed by atoms with E-state index in [1.54, 1.807) is 24.3 Å². The normalized spacial score (nSPS) is 24.1. The number of benzene rings is 1. The van der Waals surface area contributed by atoms with Gasteiger partial charge in [0.25, 0.3) is 5.91 Å². The Morgan fingerprint density at radius 3 is 2.33 bits per heavy atom. The Balaban J connectivity index is 0.00000161. The predicted octanol–water partition coefficient (Wildman–Crippen LogP) is 1.17. The monoisotopic (exact) mass is 309 g/mol. The van der Waals surface area contributed by atoms with E-state index in [0.29, 0.717) is 23.2 Å². The van der Waals surface area contributed by atoms with Crippen LogP contribution in [0.2, 0.25) is 0 Å².